The number of aromatic nitrogens is 5. The highest BCUT2D eigenvalue weighted by Crippen LogP contribution is 2.23. The van der Waals surface area contributed by atoms with Crippen molar-refractivity contribution in [3.05, 3.63) is 71.1 Å². The van der Waals surface area contributed by atoms with Gasteiger partial charge < -0.3 is 14.6 Å². The molecule has 9 nitrogen and oxygen atoms in total. The molecule has 1 amide bonds. The quantitative estimate of drug-likeness (QED) is 0.465. The van der Waals surface area contributed by atoms with Crippen molar-refractivity contribution in [1.82, 2.24) is 24.9 Å². The Bertz CT molecular complexity index is 1220. The summed E-state index contributed by atoms with van der Waals surface area (Å²) in [5.74, 6) is 2.30. The van der Waals surface area contributed by atoms with Gasteiger partial charge in [-0.15, -0.1) is 0 Å². The van der Waals surface area contributed by atoms with Crippen LogP contribution < -0.4 is 10.1 Å². The summed E-state index contributed by atoms with van der Waals surface area (Å²) in [5.41, 5.74) is 4.37. The minimum atomic E-state index is -0.0796. The van der Waals surface area contributed by atoms with Crippen LogP contribution in [0.2, 0.25) is 0 Å². The van der Waals surface area contributed by atoms with Crippen molar-refractivity contribution in [3.8, 4) is 17.4 Å². The summed E-state index contributed by atoms with van der Waals surface area (Å²) in [5, 5.41) is 11.2. The lowest BCUT2D eigenvalue weighted by Crippen LogP contribution is -2.12. The predicted octanol–water partition coefficient (Wildman–Crippen LogP) is 4.25. The van der Waals surface area contributed by atoms with E-state index in [-0.39, 0.29) is 5.91 Å². The third-order valence-corrected chi connectivity index (χ3v) is 5.00. The van der Waals surface area contributed by atoms with E-state index in [1.165, 1.54) is 6.33 Å². The lowest BCUT2D eigenvalue weighted by atomic mass is 10.1. The van der Waals surface area contributed by atoms with Crippen molar-refractivity contribution in [3.63, 3.8) is 0 Å². The van der Waals surface area contributed by atoms with Gasteiger partial charge in [0.2, 0.25) is 11.8 Å². The summed E-state index contributed by atoms with van der Waals surface area (Å²) in [7, 11) is 0. The Kier molecular flexibility index (Phi) is 5.98. The number of nitrogens with one attached hydrogen (secondary N) is 1. The van der Waals surface area contributed by atoms with Crippen LogP contribution in [0.1, 0.15) is 34.8 Å². The molecule has 0 aliphatic heterocycles. The Hall–Kier alpha value is -4.01. The van der Waals surface area contributed by atoms with E-state index in [1.54, 1.807) is 35.0 Å². The van der Waals surface area contributed by atoms with Crippen molar-refractivity contribution in [2.24, 2.45) is 0 Å². The number of aryl methyl sites for hydroxylation is 4. The van der Waals surface area contributed by atoms with Crippen molar-refractivity contribution >= 4 is 11.6 Å². The summed E-state index contributed by atoms with van der Waals surface area (Å²) >= 11 is 0. The van der Waals surface area contributed by atoms with Crippen LogP contribution in [0.15, 0.2) is 47.2 Å². The van der Waals surface area contributed by atoms with E-state index in [0.29, 0.717) is 36.0 Å². The molecule has 3 heterocycles. The summed E-state index contributed by atoms with van der Waals surface area (Å²) in [6.45, 7) is 7.62. The molecule has 1 N–H and O–H groups in total. The number of hydrogen-bond donors (Lipinski definition) is 1. The Labute approximate surface area is 185 Å². The molecular weight excluding hydrogens is 408 g/mol. The first-order valence-electron chi connectivity index (χ1n) is 10.2. The van der Waals surface area contributed by atoms with E-state index in [0.717, 1.165) is 28.4 Å². The molecular formula is C23H24N6O3. The van der Waals surface area contributed by atoms with Gasteiger partial charge in [-0.3, -0.25) is 4.79 Å². The molecule has 0 saturated carbocycles. The van der Waals surface area contributed by atoms with Crippen LogP contribution in [-0.2, 0) is 11.2 Å². The van der Waals surface area contributed by atoms with Crippen molar-refractivity contribution < 1.29 is 14.1 Å². The fourth-order valence-electron chi connectivity index (χ4n) is 3.41. The molecule has 9 heteroatoms. The number of carbonyl (C=O) groups excluding carboxylic acids is 1. The molecule has 0 bridgehead atoms. The first kappa shape index (κ1) is 21.2. The summed E-state index contributed by atoms with van der Waals surface area (Å²) in [6.07, 6.45) is 2.37. The number of hydrogen-bond acceptors (Lipinski definition) is 7. The van der Waals surface area contributed by atoms with Crippen LogP contribution in [-0.4, -0.2) is 30.8 Å². The topological polar surface area (TPSA) is 108 Å². The predicted molar refractivity (Wildman–Crippen MR) is 118 cm³/mol. The average Bonchev–Trinajstić information content (AvgIpc) is 3.28. The molecule has 0 aliphatic carbocycles. The molecule has 0 unspecified atom stereocenters. The minimum absolute atomic E-state index is 0.0796. The molecule has 4 rings (SSSR count). The SMILES string of the molecule is Cc1cc(C)n(-c2cc(Oc3ccc(NC(=O)CCc4c(C)noc4C)cc3)ncn2)n1. The minimum Gasteiger partial charge on any atom is -0.439 e. The number of rotatable bonds is 7. The number of benzene rings is 1. The van der Waals surface area contributed by atoms with Crippen molar-refractivity contribution in [2.75, 3.05) is 5.32 Å². The molecule has 0 radical (unpaired) electrons. The highest BCUT2D eigenvalue weighted by atomic mass is 16.5. The molecule has 0 aliphatic rings. The smallest absolute Gasteiger partial charge is 0.224 e. The maximum absolute atomic E-state index is 12.3. The normalized spacial score (nSPS) is 10.9. The summed E-state index contributed by atoms with van der Waals surface area (Å²) in [4.78, 5) is 20.7. The van der Waals surface area contributed by atoms with E-state index >= 15 is 0 Å². The second-order valence-corrected chi connectivity index (χ2v) is 7.53. The van der Waals surface area contributed by atoms with Crippen LogP contribution in [0, 0.1) is 27.7 Å². The van der Waals surface area contributed by atoms with Gasteiger partial charge in [0.25, 0.3) is 0 Å². The zero-order chi connectivity index (χ0) is 22.7. The summed E-state index contributed by atoms with van der Waals surface area (Å²) in [6, 6.07) is 10.8. The number of nitrogens with zero attached hydrogens (tertiary/aromatic N) is 5. The van der Waals surface area contributed by atoms with Crippen LogP contribution in [0.25, 0.3) is 5.82 Å². The monoisotopic (exact) mass is 432 g/mol. The number of ether oxygens (including phenoxy) is 1. The van der Waals surface area contributed by atoms with Gasteiger partial charge in [-0.2, -0.15) is 5.10 Å². The van der Waals surface area contributed by atoms with E-state index in [9.17, 15) is 4.79 Å². The maximum atomic E-state index is 12.3. The molecule has 1 aromatic carbocycles. The first-order chi connectivity index (χ1) is 15.4. The van der Waals surface area contributed by atoms with Gasteiger partial charge in [0, 0.05) is 29.4 Å². The van der Waals surface area contributed by atoms with E-state index in [4.69, 9.17) is 9.26 Å². The van der Waals surface area contributed by atoms with E-state index in [1.807, 2.05) is 33.8 Å². The first-order valence-corrected chi connectivity index (χ1v) is 10.2. The van der Waals surface area contributed by atoms with Gasteiger partial charge in [0.15, 0.2) is 5.82 Å². The maximum Gasteiger partial charge on any atom is 0.224 e. The second kappa shape index (κ2) is 9.01. The highest BCUT2D eigenvalue weighted by molar-refractivity contribution is 5.90. The average molecular weight is 432 g/mol. The lowest BCUT2D eigenvalue weighted by Gasteiger charge is -2.09. The van der Waals surface area contributed by atoms with Gasteiger partial charge in [-0.05, 0) is 64.4 Å². The van der Waals surface area contributed by atoms with Gasteiger partial charge in [0.05, 0.1) is 11.4 Å². The lowest BCUT2D eigenvalue weighted by molar-refractivity contribution is -0.116. The van der Waals surface area contributed by atoms with Crippen LogP contribution in [0.4, 0.5) is 5.69 Å². The van der Waals surface area contributed by atoms with Gasteiger partial charge in [-0.1, -0.05) is 5.16 Å². The molecule has 4 aromatic rings. The Morgan fingerprint density at radius 2 is 1.88 bits per heavy atom. The van der Waals surface area contributed by atoms with Crippen LogP contribution >= 0.6 is 0 Å². The molecule has 0 fully saturated rings. The molecule has 164 valence electrons. The highest BCUT2D eigenvalue weighted by Gasteiger charge is 2.12. The van der Waals surface area contributed by atoms with E-state index < -0.39 is 0 Å². The zero-order valence-corrected chi connectivity index (χ0v) is 18.4. The fraction of sp³-hybridized carbons (Fsp3) is 0.261. The number of anilines is 1. The number of amides is 1. The Morgan fingerprint density at radius 3 is 2.53 bits per heavy atom. The second-order valence-electron chi connectivity index (χ2n) is 7.53. The molecule has 0 atom stereocenters. The van der Waals surface area contributed by atoms with Gasteiger partial charge >= 0.3 is 0 Å². The van der Waals surface area contributed by atoms with Crippen LogP contribution in [0.5, 0.6) is 11.6 Å². The zero-order valence-electron chi connectivity index (χ0n) is 18.4. The standard InChI is InChI=1S/C23H24N6O3/c1-14-11-15(2)29(27-14)21-12-23(25-13-24-21)31-19-7-5-18(6-8-19)26-22(30)10-9-20-16(3)28-32-17(20)4/h5-8,11-13H,9-10H2,1-4H3,(H,26,30). The van der Waals surface area contributed by atoms with Crippen molar-refractivity contribution in [2.45, 2.75) is 40.5 Å². The number of carbonyl (C=O) groups is 1. The Balaban J connectivity index is 1.36. The fourth-order valence-corrected chi connectivity index (χ4v) is 3.41. The van der Waals surface area contributed by atoms with Crippen molar-refractivity contribution in [1.29, 1.82) is 0 Å². The largest absolute Gasteiger partial charge is 0.439 e. The third-order valence-electron chi connectivity index (χ3n) is 5.00. The van der Waals surface area contributed by atoms with Gasteiger partial charge in [0.1, 0.15) is 17.8 Å². The molecule has 0 saturated heterocycles. The molecule has 0 spiro atoms. The summed E-state index contributed by atoms with van der Waals surface area (Å²) < 4.78 is 12.7. The van der Waals surface area contributed by atoms with Gasteiger partial charge in [-0.25, -0.2) is 14.6 Å². The van der Waals surface area contributed by atoms with E-state index in [2.05, 4.69) is 25.5 Å². The van der Waals surface area contributed by atoms with Crippen LogP contribution in [0.3, 0.4) is 0 Å². The molecule has 32 heavy (non-hydrogen) atoms. The third kappa shape index (κ3) is 4.83. The molecule has 3 aromatic heterocycles. The Morgan fingerprint density at radius 1 is 1.09 bits per heavy atom.